The van der Waals surface area contributed by atoms with Crippen molar-refractivity contribution in [2.24, 2.45) is 0 Å². The van der Waals surface area contributed by atoms with Crippen molar-refractivity contribution in [1.29, 1.82) is 0 Å². The van der Waals surface area contributed by atoms with E-state index < -0.39 is 7.26 Å². The summed E-state index contributed by atoms with van der Waals surface area (Å²) in [4.78, 5) is 0. The molecule has 1 saturated heterocycles. The van der Waals surface area contributed by atoms with Gasteiger partial charge in [-0.1, -0.05) is 0 Å². The Morgan fingerprint density at radius 1 is 0.556 bits per heavy atom. The first-order valence-electron chi connectivity index (χ1n) is 7.03. The van der Waals surface area contributed by atoms with Gasteiger partial charge in [-0.3, -0.25) is 0 Å². The summed E-state index contributed by atoms with van der Waals surface area (Å²) in [6.07, 6.45) is 7.11. The molecule has 1 aliphatic heterocycles. The van der Waals surface area contributed by atoms with Crippen LogP contribution in [0, 0.1) is 0 Å². The van der Waals surface area contributed by atoms with E-state index in [1.807, 2.05) is 0 Å². The predicted molar refractivity (Wildman–Crippen MR) is 84.1 cm³/mol. The molecule has 0 N–H and O–H groups in total. The van der Waals surface area contributed by atoms with Crippen molar-refractivity contribution in [3.63, 3.8) is 0 Å². The molecule has 0 aliphatic carbocycles. The van der Waals surface area contributed by atoms with Gasteiger partial charge in [0.1, 0.15) is 0 Å². The second-order valence-electron chi connectivity index (χ2n) is 5.37. The van der Waals surface area contributed by atoms with Crippen molar-refractivity contribution in [2.75, 3.05) is 12.3 Å². The van der Waals surface area contributed by atoms with Crippen molar-refractivity contribution in [1.82, 2.24) is 0 Å². The van der Waals surface area contributed by atoms with Gasteiger partial charge in [0.05, 0.1) is 0 Å². The van der Waals surface area contributed by atoms with Crippen LogP contribution in [0.3, 0.4) is 0 Å². The number of rotatable bonds is 2. The molecule has 1 heterocycles. The van der Waals surface area contributed by atoms with Crippen molar-refractivity contribution in [3.8, 4) is 0 Å². The molecule has 0 amide bonds. The maximum absolute atomic E-state index is 2.37. The van der Waals surface area contributed by atoms with E-state index in [1.165, 1.54) is 31.6 Å². The average Bonchev–Trinajstić information content (AvgIpc) is 2.50. The Labute approximate surface area is 110 Å². The molecule has 0 aromatic heterocycles. The van der Waals surface area contributed by atoms with Crippen LogP contribution < -0.4 is 10.6 Å². The summed E-state index contributed by atoms with van der Waals surface area (Å²) in [6, 6.07) is 22.6. The molecule has 1 fully saturated rings. The molecule has 1 aliphatic rings. The minimum atomic E-state index is -1.43. The fourth-order valence-electron chi connectivity index (χ4n) is 3.41. The van der Waals surface area contributed by atoms with Crippen LogP contribution in [0.1, 0.15) is 19.3 Å². The maximum atomic E-state index is 2.37. The SMILES string of the molecule is c1ccc([PH]2(c3ccccc3)CCCCC2)cc1. The summed E-state index contributed by atoms with van der Waals surface area (Å²) < 4.78 is 0. The Kier molecular flexibility index (Phi) is 3.48. The van der Waals surface area contributed by atoms with Gasteiger partial charge in [0.15, 0.2) is 0 Å². The van der Waals surface area contributed by atoms with Gasteiger partial charge >= 0.3 is 110 Å². The predicted octanol–water partition coefficient (Wildman–Crippen LogP) is 3.57. The Bertz CT molecular complexity index is 442. The molecule has 3 rings (SSSR count). The van der Waals surface area contributed by atoms with Gasteiger partial charge in [0, 0.05) is 0 Å². The summed E-state index contributed by atoms with van der Waals surface area (Å²) in [6.45, 7) is 0. The first-order chi connectivity index (χ1) is 8.92. The molecule has 2 aromatic carbocycles. The molecule has 0 unspecified atom stereocenters. The van der Waals surface area contributed by atoms with E-state index in [2.05, 4.69) is 60.7 Å². The number of benzene rings is 2. The van der Waals surface area contributed by atoms with Gasteiger partial charge in [0.25, 0.3) is 0 Å². The zero-order valence-corrected chi connectivity index (χ0v) is 11.8. The topological polar surface area (TPSA) is 0 Å². The second kappa shape index (κ2) is 5.24. The third-order valence-electron chi connectivity index (χ3n) is 4.36. The van der Waals surface area contributed by atoms with Crippen LogP contribution in [0.4, 0.5) is 0 Å². The number of hydrogen-bond donors (Lipinski definition) is 0. The molecular formula is C17H21P. The summed E-state index contributed by atoms with van der Waals surface area (Å²) in [5, 5.41) is 3.27. The molecule has 18 heavy (non-hydrogen) atoms. The molecule has 0 bridgehead atoms. The molecule has 0 nitrogen and oxygen atoms in total. The van der Waals surface area contributed by atoms with E-state index in [4.69, 9.17) is 0 Å². The van der Waals surface area contributed by atoms with E-state index in [-0.39, 0.29) is 0 Å². The first kappa shape index (κ1) is 11.9. The molecule has 1 heteroatoms. The van der Waals surface area contributed by atoms with E-state index in [1.54, 1.807) is 10.6 Å². The molecule has 0 atom stereocenters. The van der Waals surface area contributed by atoms with Crippen LogP contribution >= 0.6 is 7.26 Å². The summed E-state index contributed by atoms with van der Waals surface area (Å²) in [7, 11) is -1.43. The van der Waals surface area contributed by atoms with Crippen molar-refractivity contribution in [3.05, 3.63) is 60.7 Å². The number of hydrogen-bond acceptors (Lipinski definition) is 0. The monoisotopic (exact) mass is 256 g/mol. The Morgan fingerprint density at radius 3 is 1.44 bits per heavy atom. The Hall–Kier alpha value is -1.13. The van der Waals surface area contributed by atoms with E-state index in [0.717, 1.165) is 0 Å². The fraction of sp³-hybridized carbons (Fsp3) is 0.294. The standard InChI is InChI=1S/C17H21P/c1-4-10-16(11-5-1)18(14-8-3-9-15-18)17-12-6-2-7-13-17/h1-2,4-7,10-13,18H,3,8-9,14-15H2. The molecule has 94 valence electrons. The van der Waals surface area contributed by atoms with Crippen LogP contribution in [0.5, 0.6) is 0 Å². The minimum absolute atomic E-state index is 1.41. The van der Waals surface area contributed by atoms with Crippen LogP contribution in [0.2, 0.25) is 0 Å². The van der Waals surface area contributed by atoms with Crippen LogP contribution in [-0.4, -0.2) is 12.3 Å². The zero-order valence-electron chi connectivity index (χ0n) is 10.8. The average molecular weight is 256 g/mol. The first-order valence-corrected chi connectivity index (χ1v) is 9.44. The van der Waals surface area contributed by atoms with E-state index >= 15 is 0 Å². The van der Waals surface area contributed by atoms with Crippen molar-refractivity contribution in [2.45, 2.75) is 19.3 Å². The molecule has 2 aromatic rings. The van der Waals surface area contributed by atoms with Crippen molar-refractivity contribution < 1.29 is 0 Å². The van der Waals surface area contributed by atoms with Gasteiger partial charge in [-0.2, -0.15) is 0 Å². The van der Waals surface area contributed by atoms with Crippen LogP contribution in [-0.2, 0) is 0 Å². The second-order valence-corrected chi connectivity index (χ2v) is 9.69. The third kappa shape index (κ3) is 2.10. The van der Waals surface area contributed by atoms with Crippen LogP contribution in [0.15, 0.2) is 60.7 Å². The normalized spacial score (nSPS) is 20.2. The molecule has 0 spiro atoms. The molecular weight excluding hydrogens is 235 g/mol. The van der Waals surface area contributed by atoms with E-state index in [9.17, 15) is 0 Å². The van der Waals surface area contributed by atoms with Gasteiger partial charge in [-0.05, 0) is 0 Å². The molecule has 0 saturated carbocycles. The van der Waals surface area contributed by atoms with Crippen molar-refractivity contribution >= 4 is 17.9 Å². The van der Waals surface area contributed by atoms with Gasteiger partial charge < -0.3 is 0 Å². The van der Waals surface area contributed by atoms with Gasteiger partial charge in [0.2, 0.25) is 0 Å². The van der Waals surface area contributed by atoms with E-state index in [0.29, 0.717) is 0 Å². The molecule has 0 radical (unpaired) electrons. The summed E-state index contributed by atoms with van der Waals surface area (Å²) in [5.74, 6) is 0. The Morgan fingerprint density at radius 2 is 1.00 bits per heavy atom. The summed E-state index contributed by atoms with van der Waals surface area (Å²) >= 11 is 0. The fourth-order valence-corrected chi connectivity index (χ4v) is 8.52. The van der Waals surface area contributed by atoms with Crippen LogP contribution in [0.25, 0.3) is 0 Å². The third-order valence-corrected chi connectivity index (χ3v) is 9.65. The zero-order chi connectivity index (χ0) is 12.3. The Balaban J connectivity index is 2.10. The quantitative estimate of drug-likeness (QED) is 0.721. The van der Waals surface area contributed by atoms with Gasteiger partial charge in [-0.25, -0.2) is 0 Å². The van der Waals surface area contributed by atoms with Gasteiger partial charge in [-0.15, -0.1) is 0 Å². The summed E-state index contributed by atoms with van der Waals surface area (Å²) in [5.41, 5.74) is 0.